The molecule has 1 rings (SSSR count). The number of hydrogen-bond donors (Lipinski definition) is 2. The Bertz CT molecular complexity index is 505. The van der Waals surface area contributed by atoms with Gasteiger partial charge in [0, 0.05) is 6.42 Å². The molecule has 1 aliphatic heterocycles. The van der Waals surface area contributed by atoms with Crippen molar-refractivity contribution in [2.75, 3.05) is 32.8 Å². The Kier molecular flexibility index (Phi) is 15.6. The maximum Gasteiger partial charge on any atom is 0.359 e. The van der Waals surface area contributed by atoms with Crippen molar-refractivity contribution in [3.8, 4) is 0 Å². The first-order valence-corrected chi connectivity index (χ1v) is 12.5. The second kappa shape index (κ2) is 17.5. The number of unbranched alkanes of at least 4 members (excludes halogenated alkanes) is 12. The van der Waals surface area contributed by atoms with Gasteiger partial charge in [0.25, 0.3) is 0 Å². The zero-order chi connectivity index (χ0) is 21.9. The van der Waals surface area contributed by atoms with Gasteiger partial charge in [0.15, 0.2) is 12.4 Å². The van der Waals surface area contributed by atoms with Crippen LogP contribution >= 0.6 is 0 Å². The van der Waals surface area contributed by atoms with Crippen LogP contribution in [-0.2, 0) is 4.79 Å². The highest BCUT2D eigenvalue weighted by molar-refractivity contribution is 5.80. The Morgan fingerprint density at radius 2 is 1.50 bits per heavy atom. The average molecular weight is 424 g/mol. The van der Waals surface area contributed by atoms with Crippen LogP contribution in [0.5, 0.6) is 0 Å². The van der Waals surface area contributed by atoms with E-state index in [0.29, 0.717) is 24.1 Å². The van der Waals surface area contributed by atoms with E-state index in [0.717, 1.165) is 18.7 Å². The number of carboxylic acids is 1. The molecule has 0 spiro atoms. The van der Waals surface area contributed by atoms with Gasteiger partial charge in [0.2, 0.25) is 0 Å². The van der Waals surface area contributed by atoms with E-state index in [1.54, 1.807) is 0 Å². The van der Waals surface area contributed by atoms with Gasteiger partial charge < -0.3 is 10.2 Å². The third-order valence-electron chi connectivity index (χ3n) is 6.25. The molecule has 0 aromatic carbocycles. The molecule has 0 aliphatic carbocycles. The maximum absolute atomic E-state index is 11.2. The van der Waals surface area contributed by atoms with Gasteiger partial charge in [-0.1, -0.05) is 76.9 Å². The van der Waals surface area contributed by atoms with Gasteiger partial charge >= 0.3 is 5.97 Å². The predicted molar refractivity (Wildman–Crippen MR) is 126 cm³/mol. The Hall–Kier alpha value is -1.20. The molecule has 0 saturated heterocycles. The molecule has 1 atom stereocenters. The van der Waals surface area contributed by atoms with Gasteiger partial charge in [-0.05, 0) is 32.1 Å². The van der Waals surface area contributed by atoms with Gasteiger partial charge in [-0.25, -0.2) is 9.79 Å². The lowest BCUT2D eigenvalue weighted by atomic mass is 10.1. The van der Waals surface area contributed by atoms with Gasteiger partial charge in [-0.3, -0.25) is 4.48 Å². The van der Waals surface area contributed by atoms with Crippen LogP contribution in [0.2, 0.25) is 0 Å². The van der Waals surface area contributed by atoms with Crippen LogP contribution in [0.15, 0.2) is 17.1 Å². The summed E-state index contributed by atoms with van der Waals surface area (Å²) in [6.45, 7) is 4.20. The summed E-state index contributed by atoms with van der Waals surface area (Å²) in [6, 6.07) is 0. The molecule has 5 heteroatoms. The van der Waals surface area contributed by atoms with E-state index < -0.39 is 5.97 Å². The highest BCUT2D eigenvalue weighted by atomic mass is 16.4. The van der Waals surface area contributed by atoms with E-state index in [-0.39, 0.29) is 13.2 Å². The topological polar surface area (TPSA) is 69.9 Å². The van der Waals surface area contributed by atoms with Gasteiger partial charge in [-0.15, -0.1) is 0 Å². The Balaban J connectivity index is 2.00. The Morgan fingerprint density at radius 3 is 2.07 bits per heavy atom. The molecule has 1 unspecified atom stereocenters. The quantitative estimate of drug-likeness (QED) is 0.149. The van der Waals surface area contributed by atoms with Crippen molar-refractivity contribution in [2.45, 2.75) is 103 Å². The number of rotatable bonds is 20. The zero-order valence-electron chi connectivity index (χ0n) is 19.5. The number of aliphatic imine (C=N–C) groups is 1. The SMILES string of the molecule is CCCCCCCC/C=C\CCCCCCCCC1=NCC[N+]1(CCO)CC(=O)O. The highest BCUT2D eigenvalue weighted by Crippen LogP contribution is 2.20. The smallest absolute Gasteiger partial charge is 0.359 e. The van der Waals surface area contributed by atoms with Crippen molar-refractivity contribution in [1.29, 1.82) is 0 Å². The molecule has 0 amide bonds. The lowest BCUT2D eigenvalue weighted by Crippen LogP contribution is -2.55. The fourth-order valence-electron chi connectivity index (χ4n) is 4.44. The van der Waals surface area contributed by atoms with Crippen molar-refractivity contribution in [2.24, 2.45) is 4.99 Å². The molecule has 174 valence electrons. The number of hydrogen-bond acceptors (Lipinski definition) is 3. The third kappa shape index (κ3) is 11.8. The zero-order valence-corrected chi connectivity index (χ0v) is 19.5. The number of carbonyl (C=O) groups is 1. The molecular formula is C25H47N2O3+. The number of quaternary nitrogens is 1. The third-order valence-corrected chi connectivity index (χ3v) is 6.25. The summed E-state index contributed by atoms with van der Waals surface area (Å²) in [4.78, 5) is 15.8. The molecule has 2 N–H and O–H groups in total. The summed E-state index contributed by atoms with van der Waals surface area (Å²) in [5, 5.41) is 18.6. The van der Waals surface area contributed by atoms with E-state index in [4.69, 9.17) is 0 Å². The van der Waals surface area contributed by atoms with E-state index in [1.165, 1.54) is 83.5 Å². The Morgan fingerprint density at radius 1 is 0.933 bits per heavy atom. The summed E-state index contributed by atoms with van der Waals surface area (Å²) >= 11 is 0. The fraction of sp³-hybridized carbons (Fsp3) is 0.840. The molecule has 0 bridgehead atoms. The largest absolute Gasteiger partial charge is 0.477 e. The van der Waals surface area contributed by atoms with E-state index in [2.05, 4.69) is 24.1 Å². The summed E-state index contributed by atoms with van der Waals surface area (Å²) in [5.41, 5.74) is 0. The minimum atomic E-state index is -0.806. The van der Waals surface area contributed by atoms with Crippen LogP contribution < -0.4 is 0 Å². The van der Waals surface area contributed by atoms with Crippen LogP contribution in [0.3, 0.4) is 0 Å². The van der Waals surface area contributed by atoms with Crippen molar-refractivity contribution in [1.82, 2.24) is 0 Å². The summed E-state index contributed by atoms with van der Waals surface area (Å²) < 4.78 is 0.358. The van der Waals surface area contributed by atoms with Gasteiger partial charge in [0.1, 0.15) is 13.1 Å². The van der Waals surface area contributed by atoms with Crippen LogP contribution in [0.1, 0.15) is 103 Å². The van der Waals surface area contributed by atoms with Crippen molar-refractivity contribution in [3.05, 3.63) is 12.2 Å². The molecular weight excluding hydrogens is 376 g/mol. The molecule has 5 nitrogen and oxygen atoms in total. The highest BCUT2D eigenvalue weighted by Gasteiger charge is 2.39. The summed E-state index contributed by atoms with van der Waals surface area (Å²) in [6.07, 6.45) is 23.7. The molecule has 1 aliphatic rings. The number of aliphatic hydroxyl groups excluding tert-OH is 1. The van der Waals surface area contributed by atoms with Crippen LogP contribution in [0.4, 0.5) is 0 Å². The predicted octanol–water partition coefficient (Wildman–Crippen LogP) is 5.72. The second-order valence-electron chi connectivity index (χ2n) is 8.85. The van der Waals surface area contributed by atoms with Gasteiger partial charge in [-0.2, -0.15) is 0 Å². The molecule has 0 aromatic heterocycles. The number of allylic oxidation sites excluding steroid dienone is 2. The van der Waals surface area contributed by atoms with Crippen molar-refractivity contribution >= 4 is 11.8 Å². The molecule has 0 fully saturated rings. The standard InChI is InChI=1S/C25H46N2O3/c1-2-3-4-5-6-7-8-9-10-11-12-13-14-15-16-17-18-24-26-19-20-27(24,21-22-28)23-25(29)30/h9-10,28H,2-8,11-23H2,1H3/p+1/b10-9-. The monoisotopic (exact) mass is 423 g/mol. The maximum atomic E-state index is 11.2. The lowest BCUT2D eigenvalue weighted by Gasteiger charge is -2.32. The lowest BCUT2D eigenvalue weighted by molar-refractivity contribution is -0.829. The van der Waals surface area contributed by atoms with Crippen molar-refractivity contribution in [3.63, 3.8) is 0 Å². The number of aliphatic carboxylic acids is 1. The van der Waals surface area contributed by atoms with Crippen LogP contribution in [0, 0.1) is 0 Å². The van der Waals surface area contributed by atoms with Crippen LogP contribution in [-0.4, -0.2) is 59.3 Å². The van der Waals surface area contributed by atoms with Crippen LogP contribution in [0.25, 0.3) is 0 Å². The Labute approximate surface area is 184 Å². The fourth-order valence-corrected chi connectivity index (χ4v) is 4.44. The summed E-state index contributed by atoms with van der Waals surface area (Å²) in [7, 11) is 0. The van der Waals surface area contributed by atoms with E-state index in [1.807, 2.05) is 0 Å². The number of aliphatic hydroxyl groups is 1. The number of nitrogens with zero attached hydrogens (tertiary/aromatic N) is 2. The first-order valence-electron chi connectivity index (χ1n) is 12.5. The second-order valence-corrected chi connectivity index (χ2v) is 8.85. The molecule has 30 heavy (non-hydrogen) atoms. The first-order chi connectivity index (χ1) is 14.6. The molecule has 1 heterocycles. The first kappa shape index (κ1) is 26.8. The average Bonchev–Trinajstić information content (AvgIpc) is 3.09. The summed E-state index contributed by atoms with van der Waals surface area (Å²) in [5.74, 6) is 0.182. The number of carboxylic acid groups (broad SMARTS) is 1. The normalized spacial score (nSPS) is 18.9. The molecule has 0 aromatic rings. The molecule has 0 saturated carbocycles. The van der Waals surface area contributed by atoms with Crippen molar-refractivity contribution < 1.29 is 19.5 Å². The minimum absolute atomic E-state index is 0.0136. The molecule has 0 radical (unpaired) electrons. The van der Waals surface area contributed by atoms with Gasteiger partial charge in [0.05, 0.1) is 13.2 Å². The van der Waals surface area contributed by atoms with E-state index >= 15 is 0 Å². The van der Waals surface area contributed by atoms with E-state index in [9.17, 15) is 15.0 Å². The number of amidine groups is 1. The minimum Gasteiger partial charge on any atom is -0.477 e.